The third kappa shape index (κ3) is 2.79. The standard InChI is InChI=1S/C15H19NO2/c1-15(18)9-12(8-14(17)10-15)11-4-6-13(7-5-11)16(2)3/h4-8,18H,9-10H2,1-3H3. The first-order chi connectivity index (χ1) is 8.37. The Labute approximate surface area is 108 Å². The number of anilines is 1. The highest BCUT2D eigenvalue weighted by atomic mass is 16.3. The van der Waals surface area contributed by atoms with Gasteiger partial charge in [0.05, 0.1) is 5.60 Å². The van der Waals surface area contributed by atoms with Crippen LogP contribution >= 0.6 is 0 Å². The molecule has 1 unspecified atom stereocenters. The van der Waals surface area contributed by atoms with E-state index >= 15 is 0 Å². The molecule has 0 aromatic heterocycles. The summed E-state index contributed by atoms with van der Waals surface area (Å²) in [7, 11) is 3.98. The Bertz CT molecular complexity index is 484. The van der Waals surface area contributed by atoms with Gasteiger partial charge in [-0.1, -0.05) is 12.1 Å². The Morgan fingerprint density at radius 2 is 1.78 bits per heavy atom. The molecule has 2 rings (SSSR count). The van der Waals surface area contributed by atoms with Crippen LogP contribution < -0.4 is 4.90 Å². The molecule has 96 valence electrons. The maximum absolute atomic E-state index is 11.6. The van der Waals surface area contributed by atoms with Crippen molar-refractivity contribution in [1.29, 1.82) is 0 Å². The lowest BCUT2D eigenvalue weighted by Gasteiger charge is -2.27. The van der Waals surface area contributed by atoms with Crippen LogP contribution in [0.2, 0.25) is 0 Å². The Hall–Kier alpha value is -1.61. The summed E-state index contributed by atoms with van der Waals surface area (Å²) < 4.78 is 0. The van der Waals surface area contributed by atoms with E-state index in [1.54, 1.807) is 13.0 Å². The van der Waals surface area contributed by atoms with Gasteiger partial charge in [0, 0.05) is 32.6 Å². The predicted octanol–water partition coefficient (Wildman–Crippen LogP) is 2.25. The van der Waals surface area contributed by atoms with Crippen molar-refractivity contribution in [1.82, 2.24) is 0 Å². The minimum Gasteiger partial charge on any atom is -0.389 e. The van der Waals surface area contributed by atoms with E-state index in [9.17, 15) is 9.90 Å². The number of rotatable bonds is 2. The molecule has 0 heterocycles. The number of hydrogen-bond donors (Lipinski definition) is 1. The summed E-state index contributed by atoms with van der Waals surface area (Å²) in [6, 6.07) is 8.03. The zero-order valence-electron chi connectivity index (χ0n) is 11.1. The molecule has 1 atom stereocenters. The van der Waals surface area contributed by atoms with E-state index in [1.165, 1.54) is 0 Å². The van der Waals surface area contributed by atoms with Gasteiger partial charge in [-0.15, -0.1) is 0 Å². The summed E-state index contributed by atoms with van der Waals surface area (Å²) in [6.07, 6.45) is 2.40. The number of nitrogens with zero attached hydrogens (tertiary/aromatic N) is 1. The second kappa shape index (κ2) is 4.58. The van der Waals surface area contributed by atoms with Gasteiger partial charge < -0.3 is 10.0 Å². The monoisotopic (exact) mass is 245 g/mol. The van der Waals surface area contributed by atoms with Crippen LogP contribution in [0.5, 0.6) is 0 Å². The number of carbonyl (C=O) groups excluding carboxylic acids is 1. The molecule has 1 N–H and O–H groups in total. The molecule has 3 heteroatoms. The minimum atomic E-state index is -0.915. The van der Waals surface area contributed by atoms with Crippen molar-refractivity contribution in [3.05, 3.63) is 35.9 Å². The number of ketones is 1. The van der Waals surface area contributed by atoms with Crippen molar-refractivity contribution in [2.45, 2.75) is 25.4 Å². The van der Waals surface area contributed by atoms with Crippen molar-refractivity contribution in [3.8, 4) is 0 Å². The molecule has 1 aliphatic rings. The molecule has 0 bridgehead atoms. The van der Waals surface area contributed by atoms with Crippen LogP contribution in [0.1, 0.15) is 25.3 Å². The van der Waals surface area contributed by atoms with E-state index in [0.717, 1.165) is 16.8 Å². The van der Waals surface area contributed by atoms with Gasteiger partial charge in [0.15, 0.2) is 5.78 Å². The first-order valence-electron chi connectivity index (χ1n) is 6.11. The normalized spacial score (nSPS) is 23.8. The SMILES string of the molecule is CN(C)c1ccc(C2=CC(=O)CC(C)(O)C2)cc1. The summed E-state index contributed by atoms with van der Waals surface area (Å²) in [5.74, 6) is -0.00191. The van der Waals surface area contributed by atoms with Gasteiger partial charge in [-0.05, 0) is 36.3 Å². The highest BCUT2D eigenvalue weighted by Gasteiger charge is 2.29. The van der Waals surface area contributed by atoms with E-state index < -0.39 is 5.60 Å². The summed E-state index contributed by atoms with van der Waals surface area (Å²) in [5, 5.41) is 10.0. The van der Waals surface area contributed by atoms with Crippen molar-refractivity contribution < 1.29 is 9.90 Å². The van der Waals surface area contributed by atoms with Gasteiger partial charge in [-0.3, -0.25) is 4.79 Å². The average Bonchev–Trinajstić information content (AvgIpc) is 2.26. The zero-order valence-corrected chi connectivity index (χ0v) is 11.1. The molecule has 1 aromatic carbocycles. The van der Waals surface area contributed by atoms with E-state index in [1.807, 2.05) is 43.3 Å². The van der Waals surface area contributed by atoms with Gasteiger partial charge in [-0.2, -0.15) is 0 Å². The Kier molecular flexibility index (Phi) is 3.26. The van der Waals surface area contributed by atoms with E-state index in [0.29, 0.717) is 6.42 Å². The highest BCUT2D eigenvalue weighted by Crippen LogP contribution is 2.32. The van der Waals surface area contributed by atoms with Crippen LogP contribution in [0.15, 0.2) is 30.3 Å². The first kappa shape index (κ1) is 12.8. The number of aliphatic hydroxyl groups is 1. The first-order valence-corrected chi connectivity index (χ1v) is 6.11. The van der Waals surface area contributed by atoms with Crippen LogP contribution in [-0.2, 0) is 4.79 Å². The molecule has 18 heavy (non-hydrogen) atoms. The summed E-state index contributed by atoms with van der Waals surface area (Å²) in [4.78, 5) is 13.6. The van der Waals surface area contributed by atoms with Crippen LogP contribution in [0, 0.1) is 0 Å². The molecule has 3 nitrogen and oxygen atoms in total. The van der Waals surface area contributed by atoms with Crippen molar-refractivity contribution >= 4 is 17.0 Å². The minimum absolute atomic E-state index is 0.00191. The molecular formula is C15H19NO2. The molecule has 0 fully saturated rings. The molecule has 0 saturated heterocycles. The fraction of sp³-hybridized carbons (Fsp3) is 0.400. The third-order valence-corrected chi connectivity index (χ3v) is 3.22. The maximum atomic E-state index is 11.6. The van der Waals surface area contributed by atoms with E-state index in [2.05, 4.69) is 0 Å². The van der Waals surface area contributed by atoms with Crippen molar-refractivity contribution in [3.63, 3.8) is 0 Å². The lowest BCUT2D eigenvalue weighted by molar-refractivity contribution is -0.119. The van der Waals surface area contributed by atoms with Crippen LogP contribution in [0.25, 0.3) is 5.57 Å². The van der Waals surface area contributed by atoms with Gasteiger partial charge in [0.1, 0.15) is 0 Å². The van der Waals surface area contributed by atoms with Crippen molar-refractivity contribution in [2.24, 2.45) is 0 Å². The predicted molar refractivity (Wildman–Crippen MR) is 73.6 cm³/mol. The molecule has 0 amide bonds. The molecule has 0 radical (unpaired) electrons. The van der Waals surface area contributed by atoms with Gasteiger partial charge in [0.25, 0.3) is 0 Å². The lowest BCUT2D eigenvalue weighted by Crippen LogP contribution is -2.30. The lowest BCUT2D eigenvalue weighted by atomic mass is 9.83. The Balaban J connectivity index is 2.29. The molecular weight excluding hydrogens is 226 g/mol. The summed E-state index contributed by atoms with van der Waals surface area (Å²) in [6.45, 7) is 1.71. The Morgan fingerprint density at radius 3 is 2.28 bits per heavy atom. The molecule has 1 aromatic rings. The highest BCUT2D eigenvalue weighted by molar-refractivity contribution is 5.99. The maximum Gasteiger partial charge on any atom is 0.158 e. The van der Waals surface area contributed by atoms with Crippen LogP contribution in [0.3, 0.4) is 0 Å². The van der Waals surface area contributed by atoms with Gasteiger partial charge in [-0.25, -0.2) is 0 Å². The van der Waals surface area contributed by atoms with E-state index in [4.69, 9.17) is 0 Å². The van der Waals surface area contributed by atoms with Gasteiger partial charge >= 0.3 is 0 Å². The molecule has 0 aliphatic heterocycles. The topological polar surface area (TPSA) is 40.5 Å². The summed E-state index contributed by atoms with van der Waals surface area (Å²) >= 11 is 0. The second-order valence-electron chi connectivity index (χ2n) is 5.43. The number of benzene rings is 1. The Morgan fingerprint density at radius 1 is 1.17 bits per heavy atom. The van der Waals surface area contributed by atoms with Crippen LogP contribution in [0.4, 0.5) is 5.69 Å². The fourth-order valence-corrected chi connectivity index (χ4v) is 2.30. The van der Waals surface area contributed by atoms with Gasteiger partial charge in [0.2, 0.25) is 0 Å². The number of hydrogen-bond acceptors (Lipinski definition) is 3. The largest absolute Gasteiger partial charge is 0.389 e. The second-order valence-corrected chi connectivity index (χ2v) is 5.43. The number of allylic oxidation sites excluding steroid dienone is 1. The van der Waals surface area contributed by atoms with Crippen LogP contribution in [-0.4, -0.2) is 30.6 Å². The number of carbonyl (C=O) groups is 1. The molecule has 1 aliphatic carbocycles. The molecule has 0 spiro atoms. The average molecular weight is 245 g/mol. The third-order valence-electron chi connectivity index (χ3n) is 3.22. The summed E-state index contributed by atoms with van der Waals surface area (Å²) in [5.41, 5.74) is 2.13. The van der Waals surface area contributed by atoms with Crippen molar-refractivity contribution in [2.75, 3.05) is 19.0 Å². The smallest absolute Gasteiger partial charge is 0.158 e. The quantitative estimate of drug-likeness (QED) is 0.868. The van der Waals surface area contributed by atoms with E-state index in [-0.39, 0.29) is 12.2 Å². The fourth-order valence-electron chi connectivity index (χ4n) is 2.30. The zero-order chi connectivity index (χ0) is 13.3. The molecule has 0 saturated carbocycles.